The first kappa shape index (κ1) is 28.2. The van der Waals surface area contributed by atoms with Crippen molar-refractivity contribution in [3.8, 4) is 28.1 Å². The van der Waals surface area contributed by atoms with Gasteiger partial charge in [0.25, 0.3) is 0 Å². The van der Waals surface area contributed by atoms with Gasteiger partial charge in [-0.3, -0.25) is 0 Å². The first-order valence-electron chi connectivity index (χ1n) is 13.1. The van der Waals surface area contributed by atoms with Crippen LogP contribution in [-0.4, -0.2) is 29.2 Å². The topological polar surface area (TPSA) is 53.4 Å². The fourth-order valence-corrected chi connectivity index (χ4v) is 5.03. The predicted molar refractivity (Wildman–Crippen MR) is 167 cm³/mol. The van der Waals surface area contributed by atoms with Crippen molar-refractivity contribution >= 4 is 41.3 Å². The third kappa shape index (κ3) is 6.88. The molecule has 0 N–H and O–H groups in total. The first-order valence-corrected chi connectivity index (χ1v) is 13.9. The maximum atomic E-state index is 12.5. The smallest absolute Gasteiger partial charge is 0.338 e. The number of benzene rings is 4. The zero-order valence-corrected chi connectivity index (χ0v) is 24.2. The van der Waals surface area contributed by atoms with Gasteiger partial charge >= 0.3 is 5.97 Å². The Morgan fingerprint density at radius 3 is 2.32 bits per heavy atom. The highest BCUT2D eigenvalue weighted by molar-refractivity contribution is 6.36. The van der Waals surface area contributed by atoms with Crippen molar-refractivity contribution < 1.29 is 14.3 Å². The van der Waals surface area contributed by atoms with Crippen LogP contribution < -0.4 is 4.74 Å². The minimum absolute atomic E-state index is 0.385. The highest BCUT2D eigenvalue weighted by Crippen LogP contribution is 2.29. The van der Waals surface area contributed by atoms with Gasteiger partial charge in [0.2, 0.25) is 0 Å². The van der Waals surface area contributed by atoms with Crippen molar-refractivity contribution in [1.29, 1.82) is 0 Å². The van der Waals surface area contributed by atoms with Crippen molar-refractivity contribution in [3.05, 3.63) is 130 Å². The quantitative estimate of drug-likeness (QED) is 0.128. The summed E-state index contributed by atoms with van der Waals surface area (Å²) in [6.45, 7) is 3.18. The molecule has 206 valence electrons. The van der Waals surface area contributed by atoms with E-state index in [1.807, 2.05) is 60.2 Å². The van der Waals surface area contributed by atoms with E-state index in [-0.39, 0.29) is 5.97 Å². The summed E-state index contributed by atoms with van der Waals surface area (Å²) >= 11 is 12.4. The second kappa shape index (κ2) is 12.9. The monoisotopic (exact) mass is 582 g/mol. The first-order chi connectivity index (χ1) is 19.9. The number of rotatable bonds is 9. The van der Waals surface area contributed by atoms with Crippen LogP contribution in [0.15, 0.2) is 97.5 Å². The summed E-state index contributed by atoms with van der Waals surface area (Å²) in [7, 11) is 1.39. The van der Waals surface area contributed by atoms with Gasteiger partial charge in [-0.2, -0.15) is 0 Å². The molecule has 0 bridgehead atoms. The summed E-state index contributed by atoms with van der Waals surface area (Å²) in [5, 5.41) is 1.12. The number of carbonyl (C=O) groups excluding carboxylic acids is 1. The fourth-order valence-electron chi connectivity index (χ4n) is 4.52. The Hall–Kier alpha value is -4.32. The lowest BCUT2D eigenvalue weighted by Gasteiger charge is -2.09. The molecule has 0 radical (unpaired) electrons. The Morgan fingerprint density at radius 1 is 0.902 bits per heavy atom. The molecule has 0 saturated carbocycles. The minimum Gasteiger partial charge on any atom is -0.494 e. The molecule has 1 heterocycles. The van der Waals surface area contributed by atoms with Crippen LogP contribution in [-0.2, 0) is 11.3 Å². The normalized spacial score (nSPS) is 11.1. The molecule has 1 aromatic heterocycles. The second-order valence-corrected chi connectivity index (χ2v) is 10.2. The van der Waals surface area contributed by atoms with Gasteiger partial charge in [0.1, 0.15) is 5.75 Å². The summed E-state index contributed by atoms with van der Waals surface area (Å²) in [5.74, 6) is 0.475. The van der Waals surface area contributed by atoms with Gasteiger partial charge in [-0.15, -0.1) is 0 Å². The molecule has 0 saturated heterocycles. The lowest BCUT2D eigenvalue weighted by atomic mass is 10.0. The maximum absolute atomic E-state index is 12.5. The number of ether oxygens (including phenoxy) is 2. The van der Waals surface area contributed by atoms with E-state index in [0.717, 1.165) is 44.8 Å². The molecule has 5 rings (SSSR count). The zero-order valence-electron chi connectivity index (χ0n) is 22.7. The standard InChI is InChI=1S/C34H28Cl2N2O3/c1-3-41-29-14-11-26(12-15-29)25-8-4-23(5-9-25)6-10-27-18-24(7-16-30(27)34(39)40-2)20-38-21-33(37-22-38)31-17-13-28(35)19-32(31)36/h4-19,21-22H,3,20H2,1-2H3/b10-6+. The van der Waals surface area contributed by atoms with E-state index >= 15 is 0 Å². The molecule has 41 heavy (non-hydrogen) atoms. The number of carbonyl (C=O) groups is 1. The number of methoxy groups -OCH3 is 1. The van der Waals surface area contributed by atoms with Gasteiger partial charge in [0, 0.05) is 23.3 Å². The molecular weight excluding hydrogens is 555 g/mol. The van der Waals surface area contributed by atoms with Gasteiger partial charge in [-0.25, -0.2) is 9.78 Å². The average Bonchev–Trinajstić information content (AvgIpc) is 3.44. The molecule has 0 atom stereocenters. The van der Waals surface area contributed by atoms with Crippen LogP contribution in [0.3, 0.4) is 0 Å². The van der Waals surface area contributed by atoms with Crippen LogP contribution >= 0.6 is 23.2 Å². The van der Waals surface area contributed by atoms with E-state index in [4.69, 9.17) is 32.7 Å². The van der Waals surface area contributed by atoms with Crippen LogP contribution in [0.2, 0.25) is 10.0 Å². The van der Waals surface area contributed by atoms with E-state index in [0.29, 0.717) is 28.8 Å². The van der Waals surface area contributed by atoms with Crippen LogP contribution in [0.25, 0.3) is 34.5 Å². The number of hydrogen-bond acceptors (Lipinski definition) is 4. The molecule has 7 heteroatoms. The molecule has 0 amide bonds. The van der Waals surface area contributed by atoms with Crippen molar-refractivity contribution in [2.24, 2.45) is 0 Å². The van der Waals surface area contributed by atoms with Crippen molar-refractivity contribution in [2.75, 3.05) is 13.7 Å². The Labute approximate surface area is 249 Å². The summed E-state index contributed by atoms with van der Waals surface area (Å²) in [4.78, 5) is 17.0. The predicted octanol–water partition coefficient (Wildman–Crippen LogP) is 8.93. The van der Waals surface area contributed by atoms with Crippen molar-refractivity contribution in [2.45, 2.75) is 13.5 Å². The Morgan fingerprint density at radius 2 is 1.63 bits per heavy atom. The zero-order chi connectivity index (χ0) is 28.8. The van der Waals surface area contributed by atoms with E-state index in [1.54, 1.807) is 24.5 Å². The third-order valence-corrected chi connectivity index (χ3v) is 7.14. The summed E-state index contributed by atoms with van der Waals surface area (Å²) in [6.07, 6.45) is 7.63. The highest BCUT2D eigenvalue weighted by atomic mass is 35.5. The number of esters is 1. The van der Waals surface area contributed by atoms with Crippen LogP contribution in [0.4, 0.5) is 0 Å². The third-order valence-electron chi connectivity index (χ3n) is 6.59. The molecule has 0 aliphatic heterocycles. The van der Waals surface area contributed by atoms with E-state index < -0.39 is 0 Å². The molecule has 0 aliphatic carbocycles. The maximum Gasteiger partial charge on any atom is 0.338 e. The summed E-state index contributed by atoms with van der Waals surface area (Å²) < 4.78 is 12.5. The highest BCUT2D eigenvalue weighted by Gasteiger charge is 2.12. The molecule has 0 fully saturated rings. The number of halogens is 2. The van der Waals surface area contributed by atoms with Gasteiger partial charge in [0.15, 0.2) is 0 Å². The van der Waals surface area contributed by atoms with Gasteiger partial charge in [-0.05, 0) is 77.2 Å². The van der Waals surface area contributed by atoms with Crippen LogP contribution in [0, 0.1) is 0 Å². The van der Waals surface area contributed by atoms with Crippen LogP contribution in [0.5, 0.6) is 5.75 Å². The molecule has 0 aliphatic rings. The molecule has 5 nitrogen and oxygen atoms in total. The van der Waals surface area contributed by atoms with Gasteiger partial charge < -0.3 is 14.0 Å². The number of aromatic nitrogens is 2. The Bertz CT molecular complexity index is 1690. The fraction of sp³-hybridized carbons (Fsp3) is 0.118. The van der Waals surface area contributed by atoms with Crippen molar-refractivity contribution in [3.63, 3.8) is 0 Å². The van der Waals surface area contributed by atoms with E-state index in [9.17, 15) is 4.79 Å². The molecule has 4 aromatic carbocycles. The van der Waals surface area contributed by atoms with E-state index in [2.05, 4.69) is 41.4 Å². The molecule has 5 aromatic rings. The molecule has 0 unspecified atom stereocenters. The number of imidazole rings is 1. The van der Waals surface area contributed by atoms with E-state index in [1.165, 1.54) is 7.11 Å². The summed E-state index contributed by atoms with van der Waals surface area (Å²) in [6, 6.07) is 27.4. The lowest BCUT2D eigenvalue weighted by Crippen LogP contribution is -2.05. The Kier molecular flexibility index (Phi) is 8.88. The van der Waals surface area contributed by atoms with Crippen molar-refractivity contribution in [1.82, 2.24) is 9.55 Å². The summed E-state index contributed by atoms with van der Waals surface area (Å²) in [5.41, 5.74) is 7.09. The van der Waals surface area contributed by atoms with Gasteiger partial charge in [0.05, 0.1) is 36.3 Å². The molecule has 0 spiro atoms. The number of hydrogen-bond donors (Lipinski definition) is 0. The lowest BCUT2D eigenvalue weighted by molar-refractivity contribution is 0.0600. The number of nitrogens with zero attached hydrogens (tertiary/aromatic N) is 2. The minimum atomic E-state index is -0.385. The Balaban J connectivity index is 1.35. The largest absolute Gasteiger partial charge is 0.494 e. The SMILES string of the molecule is CCOc1ccc(-c2ccc(/C=C/c3cc(Cn4cnc(-c5ccc(Cl)cc5Cl)c4)ccc3C(=O)OC)cc2)cc1. The van der Waals surface area contributed by atoms with Crippen LogP contribution in [0.1, 0.15) is 34.0 Å². The average molecular weight is 584 g/mol. The van der Waals surface area contributed by atoms with Gasteiger partial charge in [-0.1, -0.05) is 77.8 Å². The second-order valence-electron chi connectivity index (χ2n) is 9.38. The molecular formula is C34H28Cl2N2O3.